The minimum Gasteiger partial charge on any atom is -0.492 e. The standard InChI is InChI=1S/C37H37N3O4S/c1-45(42,43)40(26-29-13-6-3-7-14-29)31-16-10-15-30(23-31)37(41)27-39(25-28-11-4-2-5-12-28)21-22-44-32-19-20-34-33-17-8-9-18-35(33)38-36(34)24-32/h2-20,23-24,37-38,41H,21-22,25-27H2,1H3. The number of ether oxygens (including phenoxy) is 1. The molecule has 6 aromatic rings. The van der Waals surface area contributed by atoms with Crippen LogP contribution in [0.1, 0.15) is 22.8 Å². The number of hydrogen-bond acceptors (Lipinski definition) is 5. The molecule has 0 aliphatic heterocycles. The second-order valence-corrected chi connectivity index (χ2v) is 13.2. The predicted octanol–water partition coefficient (Wildman–Crippen LogP) is 6.90. The smallest absolute Gasteiger partial charge is 0.232 e. The number of para-hydroxylation sites is 1. The fraction of sp³-hybridized carbons (Fsp3) is 0.189. The fourth-order valence-corrected chi connectivity index (χ4v) is 6.56. The lowest BCUT2D eigenvalue weighted by Crippen LogP contribution is -2.32. The number of nitrogens with one attached hydrogen (secondary N) is 1. The largest absolute Gasteiger partial charge is 0.492 e. The number of aromatic amines is 1. The number of anilines is 1. The monoisotopic (exact) mass is 619 g/mol. The average molecular weight is 620 g/mol. The molecule has 0 saturated heterocycles. The first-order valence-electron chi connectivity index (χ1n) is 15.0. The molecule has 45 heavy (non-hydrogen) atoms. The molecule has 0 aliphatic rings. The molecule has 0 radical (unpaired) electrons. The molecule has 8 heteroatoms. The zero-order valence-corrected chi connectivity index (χ0v) is 26.0. The van der Waals surface area contributed by atoms with Gasteiger partial charge in [-0.25, -0.2) is 8.42 Å². The maximum Gasteiger partial charge on any atom is 0.232 e. The Morgan fingerprint density at radius 2 is 1.40 bits per heavy atom. The van der Waals surface area contributed by atoms with Gasteiger partial charge in [0.05, 0.1) is 30.1 Å². The number of aliphatic hydroxyl groups is 1. The molecule has 1 heterocycles. The predicted molar refractivity (Wildman–Crippen MR) is 182 cm³/mol. The Kier molecular flexibility index (Phi) is 9.16. The number of hydrogen-bond donors (Lipinski definition) is 2. The van der Waals surface area contributed by atoms with E-state index in [0.717, 1.165) is 33.3 Å². The lowest BCUT2D eigenvalue weighted by molar-refractivity contribution is 0.0986. The SMILES string of the molecule is CS(=O)(=O)N(Cc1ccccc1)c1cccc(C(O)CN(CCOc2ccc3c(c2)[nH]c2ccccc23)Cc2ccccc2)c1. The number of fused-ring (bicyclic) bond motifs is 3. The third-order valence-electron chi connectivity index (χ3n) is 7.95. The van der Waals surface area contributed by atoms with Gasteiger partial charge in [-0.05, 0) is 47.0 Å². The minimum absolute atomic E-state index is 0.209. The number of rotatable bonds is 13. The van der Waals surface area contributed by atoms with Crippen molar-refractivity contribution in [2.75, 3.05) is 30.3 Å². The molecule has 1 atom stereocenters. The van der Waals surface area contributed by atoms with E-state index in [0.29, 0.717) is 37.5 Å². The molecule has 5 aromatic carbocycles. The summed E-state index contributed by atoms with van der Waals surface area (Å²) < 4.78 is 33.1. The molecule has 230 valence electrons. The Balaban J connectivity index is 1.17. The number of aliphatic hydroxyl groups excluding tert-OH is 1. The highest BCUT2D eigenvalue weighted by atomic mass is 32.2. The molecule has 7 nitrogen and oxygen atoms in total. The highest BCUT2D eigenvalue weighted by molar-refractivity contribution is 7.92. The molecule has 0 aliphatic carbocycles. The van der Waals surface area contributed by atoms with Crippen LogP contribution in [0.25, 0.3) is 21.8 Å². The van der Waals surface area contributed by atoms with E-state index in [9.17, 15) is 13.5 Å². The van der Waals surface area contributed by atoms with Crippen molar-refractivity contribution in [1.29, 1.82) is 0 Å². The van der Waals surface area contributed by atoms with Crippen molar-refractivity contribution in [3.63, 3.8) is 0 Å². The van der Waals surface area contributed by atoms with E-state index in [4.69, 9.17) is 4.74 Å². The van der Waals surface area contributed by atoms with Crippen LogP contribution in [0.3, 0.4) is 0 Å². The zero-order valence-electron chi connectivity index (χ0n) is 25.2. The molecule has 2 N–H and O–H groups in total. The summed E-state index contributed by atoms with van der Waals surface area (Å²) in [5.74, 6) is 0.779. The number of nitrogens with zero attached hydrogens (tertiary/aromatic N) is 2. The Labute approximate surface area is 264 Å². The van der Waals surface area contributed by atoms with E-state index in [-0.39, 0.29) is 6.54 Å². The summed E-state index contributed by atoms with van der Waals surface area (Å²) in [4.78, 5) is 5.62. The van der Waals surface area contributed by atoms with Crippen LogP contribution < -0.4 is 9.04 Å². The Morgan fingerprint density at radius 1 is 0.733 bits per heavy atom. The molecule has 1 unspecified atom stereocenters. The van der Waals surface area contributed by atoms with Gasteiger partial charge in [0.15, 0.2) is 0 Å². The van der Waals surface area contributed by atoms with Gasteiger partial charge in [-0.1, -0.05) is 91.0 Å². The first-order chi connectivity index (χ1) is 21.8. The topological polar surface area (TPSA) is 85.9 Å². The Hall–Kier alpha value is -4.63. The number of aromatic nitrogens is 1. The van der Waals surface area contributed by atoms with Gasteiger partial charge in [-0.2, -0.15) is 0 Å². The lowest BCUT2D eigenvalue weighted by Gasteiger charge is -2.27. The highest BCUT2D eigenvalue weighted by Crippen LogP contribution is 2.29. The lowest BCUT2D eigenvalue weighted by atomic mass is 10.1. The van der Waals surface area contributed by atoms with E-state index in [1.165, 1.54) is 15.9 Å². The minimum atomic E-state index is -3.56. The highest BCUT2D eigenvalue weighted by Gasteiger charge is 2.21. The van der Waals surface area contributed by atoms with Crippen molar-refractivity contribution in [3.8, 4) is 5.75 Å². The van der Waals surface area contributed by atoms with Crippen LogP contribution in [-0.2, 0) is 23.1 Å². The van der Waals surface area contributed by atoms with Crippen LogP contribution in [0, 0.1) is 0 Å². The zero-order chi connectivity index (χ0) is 31.2. The van der Waals surface area contributed by atoms with Crippen LogP contribution in [0.15, 0.2) is 127 Å². The molecule has 0 spiro atoms. The summed E-state index contributed by atoms with van der Waals surface area (Å²) in [5, 5.41) is 13.8. The van der Waals surface area contributed by atoms with Crippen molar-refractivity contribution in [1.82, 2.24) is 9.88 Å². The molecule has 0 amide bonds. The number of benzene rings is 5. The maximum absolute atomic E-state index is 12.8. The third kappa shape index (κ3) is 7.54. The van der Waals surface area contributed by atoms with Gasteiger partial charge in [0, 0.05) is 42.0 Å². The van der Waals surface area contributed by atoms with Gasteiger partial charge in [0.2, 0.25) is 10.0 Å². The quantitative estimate of drug-likeness (QED) is 0.147. The van der Waals surface area contributed by atoms with Gasteiger partial charge >= 0.3 is 0 Å². The summed E-state index contributed by atoms with van der Waals surface area (Å²) >= 11 is 0. The summed E-state index contributed by atoms with van der Waals surface area (Å²) in [6.07, 6.45) is 0.366. The van der Waals surface area contributed by atoms with E-state index >= 15 is 0 Å². The van der Waals surface area contributed by atoms with Crippen LogP contribution in [0.5, 0.6) is 5.75 Å². The summed E-state index contributed by atoms with van der Waals surface area (Å²) in [7, 11) is -3.56. The van der Waals surface area contributed by atoms with Gasteiger partial charge in [0.25, 0.3) is 0 Å². The first kappa shape index (κ1) is 30.4. The Morgan fingerprint density at radius 3 is 2.13 bits per heavy atom. The maximum atomic E-state index is 12.8. The molecule has 0 saturated carbocycles. The van der Waals surface area contributed by atoms with Crippen LogP contribution in [0.2, 0.25) is 0 Å². The van der Waals surface area contributed by atoms with Gasteiger partial charge in [-0.15, -0.1) is 0 Å². The fourth-order valence-electron chi connectivity index (χ4n) is 5.68. The normalized spacial score (nSPS) is 12.5. The second-order valence-electron chi connectivity index (χ2n) is 11.3. The van der Waals surface area contributed by atoms with Crippen molar-refractivity contribution < 1.29 is 18.3 Å². The number of H-pyrrole nitrogens is 1. The van der Waals surface area contributed by atoms with Gasteiger partial charge in [0.1, 0.15) is 12.4 Å². The summed E-state index contributed by atoms with van der Waals surface area (Å²) in [6.45, 7) is 2.21. The van der Waals surface area contributed by atoms with Crippen LogP contribution in [0.4, 0.5) is 5.69 Å². The molecular formula is C37H37N3O4S. The van der Waals surface area contributed by atoms with Crippen molar-refractivity contribution in [2.24, 2.45) is 0 Å². The van der Waals surface area contributed by atoms with Crippen LogP contribution in [-0.4, -0.2) is 49.4 Å². The van der Waals surface area contributed by atoms with Crippen molar-refractivity contribution >= 4 is 37.5 Å². The van der Waals surface area contributed by atoms with E-state index < -0.39 is 16.1 Å². The van der Waals surface area contributed by atoms with E-state index in [2.05, 4.69) is 40.2 Å². The van der Waals surface area contributed by atoms with E-state index in [1.54, 1.807) is 18.2 Å². The van der Waals surface area contributed by atoms with Gasteiger partial charge < -0.3 is 14.8 Å². The van der Waals surface area contributed by atoms with Crippen molar-refractivity contribution in [2.45, 2.75) is 19.2 Å². The molecule has 1 aromatic heterocycles. The van der Waals surface area contributed by atoms with Gasteiger partial charge in [-0.3, -0.25) is 9.21 Å². The second kappa shape index (κ2) is 13.6. The van der Waals surface area contributed by atoms with E-state index in [1.807, 2.05) is 78.9 Å². The number of sulfonamides is 1. The first-order valence-corrected chi connectivity index (χ1v) is 16.9. The third-order valence-corrected chi connectivity index (χ3v) is 9.09. The molecule has 0 bridgehead atoms. The summed E-state index contributed by atoms with van der Waals surface area (Å²) in [5.41, 5.74) is 5.30. The molecule has 0 fully saturated rings. The average Bonchev–Trinajstić information content (AvgIpc) is 3.42. The van der Waals surface area contributed by atoms with Crippen LogP contribution >= 0.6 is 0 Å². The summed E-state index contributed by atoms with van der Waals surface area (Å²) in [6, 6.07) is 41.1. The molecule has 6 rings (SSSR count). The molecular weight excluding hydrogens is 582 g/mol. The Bertz CT molecular complexity index is 1980. The van der Waals surface area contributed by atoms with Crippen molar-refractivity contribution in [3.05, 3.63) is 144 Å².